The number of methoxy groups -OCH3 is 1. The van der Waals surface area contributed by atoms with Gasteiger partial charge in [0.05, 0.1) is 18.6 Å². The van der Waals surface area contributed by atoms with E-state index in [4.69, 9.17) is 9.72 Å². The van der Waals surface area contributed by atoms with Gasteiger partial charge in [-0.3, -0.25) is 19.5 Å². The number of H-pyrrole nitrogens is 1. The lowest BCUT2D eigenvalue weighted by atomic mass is 10.2. The number of rotatable bonds is 8. The lowest BCUT2D eigenvalue weighted by Crippen LogP contribution is -2.23. The molecule has 0 saturated heterocycles. The van der Waals surface area contributed by atoms with Crippen molar-refractivity contribution in [1.29, 1.82) is 0 Å². The van der Waals surface area contributed by atoms with Crippen molar-refractivity contribution in [2.75, 3.05) is 23.9 Å². The van der Waals surface area contributed by atoms with Gasteiger partial charge in [-0.1, -0.05) is 60.0 Å². The average molecular weight is 525 g/mol. The van der Waals surface area contributed by atoms with Gasteiger partial charge in [0.15, 0.2) is 9.50 Å². The summed E-state index contributed by atoms with van der Waals surface area (Å²) in [6.45, 7) is 2.03. The largest absolute Gasteiger partial charge is 0.497 e. The van der Waals surface area contributed by atoms with Crippen molar-refractivity contribution in [2.45, 2.75) is 16.4 Å². The van der Waals surface area contributed by atoms with Gasteiger partial charge in [-0.15, -0.1) is 10.2 Å². The smallest absolute Gasteiger partial charge is 0.283 e. The van der Waals surface area contributed by atoms with E-state index < -0.39 is 0 Å². The summed E-state index contributed by atoms with van der Waals surface area (Å²) >= 11 is 4.08. The fourth-order valence-electron chi connectivity index (χ4n) is 3.53. The average Bonchev–Trinajstić information content (AvgIpc) is 3.47. The standard InChI is InChI=1S/C23H20N6O3S3/c1-3-33-23-28-27-21(35-23)25-17(30)12-34-22-26-18-15-6-4-5-7-16(15)24-19(18)20(31)29(22)13-8-10-14(32-2)11-9-13/h4-11,24H,3,12H2,1-2H3,(H,25,27,30). The van der Waals surface area contributed by atoms with E-state index in [9.17, 15) is 9.59 Å². The number of aromatic nitrogens is 5. The summed E-state index contributed by atoms with van der Waals surface area (Å²) in [7, 11) is 1.58. The van der Waals surface area contributed by atoms with Gasteiger partial charge in [-0.05, 0) is 36.1 Å². The van der Waals surface area contributed by atoms with Crippen LogP contribution in [0.3, 0.4) is 0 Å². The van der Waals surface area contributed by atoms with Crippen LogP contribution in [0.15, 0.2) is 62.8 Å². The molecule has 3 aromatic heterocycles. The molecule has 12 heteroatoms. The summed E-state index contributed by atoms with van der Waals surface area (Å²) in [5.41, 5.74) is 2.18. The minimum absolute atomic E-state index is 0.0479. The van der Waals surface area contributed by atoms with Crippen LogP contribution in [0.1, 0.15) is 6.92 Å². The first-order valence-corrected chi connectivity index (χ1v) is 13.4. The van der Waals surface area contributed by atoms with Gasteiger partial charge < -0.3 is 9.72 Å². The number of hydrogen-bond donors (Lipinski definition) is 2. The first-order valence-electron chi connectivity index (χ1n) is 10.6. The number of aromatic amines is 1. The molecule has 0 bridgehead atoms. The van der Waals surface area contributed by atoms with Crippen molar-refractivity contribution in [3.63, 3.8) is 0 Å². The van der Waals surface area contributed by atoms with Gasteiger partial charge >= 0.3 is 0 Å². The minimum atomic E-state index is -0.256. The van der Waals surface area contributed by atoms with Gasteiger partial charge in [-0.25, -0.2) is 4.98 Å². The van der Waals surface area contributed by atoms with Gasteiger partial charge in [0.1, 0.15) is 16.8 Å². The maximum absolute atomic E-state index is 13.6. The molecule has 0 aliphatic carbocycles. The number of fused-ring (bicyclic) bond motifs is 3. The second-order valence-corrected chi connectivity index (χ2v) is 10.7. The summed E-state index contributed by atoms with van der Waals surface area (Å²) in [4.78, 5) is 34.3. The maximum Gasteiger partial charge on any atom is 0.283 e. The summed E-state index contributed by atoms with van der Waals surface area (Å²) < 4.78 is 7.56. The predicted molar refractivity (Wildman–Crippen MR) is 141 cm³/mol. The first-order chi connectivity index (χ1) is 17.1. The van der Waals surface area contributed by atoms with Crippen LogP contribution >= 0.6 is 34.9 Å². The Bertz CT molecular complexity index is 1580. The molecule has 0 atom stereocenters. The number of carbonyl (C=O) groups is 1. The number of ether oxygens (including phenoxy) is 1. The molecule has 5 rings (SSSR count). The van der Waals surface area contributed by atoms with Crippen LogP contribution in [0.2, 0.25) is 0 Å². The van der Waals surface area contributed by atoms with Crippen LogP contribution in [-0.2, 0) is 4.79 Å². The number of amides is 1. The number of anilines is 1. The number of nitrogens with zero attached hydrogens (tertiary/aromatic N) is 4. The Morgan fingerprint density at radius 3 is 2.71 bits per heavy atom. The highest BCUT2D eigenvalue weighted by Gasteiger charge is 2.18. The highest BCUT2D eigenvalue weighted by molar-refractivity contribution is 8.01. The zero-order chi connectivity index (χ0) is 24.4. The Balaban J connectivity index is 1.50. The van der Waals surface area contributed by atoms with Crippen LogP contribution in [0, 0.1) is 0 Å². The molecule has 9 nitrogen and oxygen atoms in total. The summed E-state index contributed by atoms with van der Waals surface area (Å²) in [5.74, 6) is 1.34. The number of thioether (sulfide) groups is 2. The van der Waals surface area contributed by atoms with Crippen molar-refractivity contribution >= 4 is 67.8 Å². The molecule has 2 aromatic carbocycles. The van der Waals surface area contributed by atoms with Crippen molar-refractivity contribution in [3.05, 3.63) is 58.9 Å². The minimum Gasteiger partial charge on any atom is -0.497 e. The molecular formula is C23H20N6O3S3. The van der Waals surface area contributed by atoms with Crippen LogP contribution in [0.5, 0.6) is 5.75 Å². The van der Waals surface area contributed by atoms with Gasteiger partial charge in [0.25, 0.3) is 5.56 Å². The number of carbonyl (C=O) groups excluding carboxylic acids is 1. The van der Waals surface area contributed by atoms with E-state index in [2.05, 4.69) is 20.5 Å². The van der Waals surface area contributed by atoms with Crippen molar-refractivity contribution < 1.29 is 9.53 Å². The normalized spacial score (nSPS) is 11.3. The zero-order valence-corrected chi connectivity index (χ0v) is 21.2. The summed E-state index contributed by atoms with van der Waals surface area (Å²) in [5, 5.41) is 12.5. The molecule has 0 radical (unpaired) electrons. The quantitative estimate of drug-likeness (QED) is 0.172. The van der Waals surface area contributed by atoms with E-state index >= 15 is 0 Å². The number of para-hydroxylation sites is 1. The summed E-state index contributed by atoms with van der Waals surface area (Å²) in [6.07, 6.45) is 0. The Labute approximate surface area is 212 Å². The fourth-order valence-corrected chi connectivity index (χ4v) is 6.00. The van der Waals surface area contributed by atoms with Gasteiger partial charge in [-0.2, -0.15) is 0 Å². The molecule has 0 aliphatic heterocycles. The molecule has 0 saturated carbocycles. The van der Waals surface area contributed by atoms with Crippen LogP contribution in [0.4, 0.5) is 5.13 Å². The monoisotopic (exact) mass is 524 g/mol. The Hall–Kier alpha value is -3.35. The first kappa shape index (κ1) is 23.4. The van der Waals surface area contributed by atoms with Crippen molar-refractivity contribution in [3.8, 4) is 11.4 Å². The van der Waals surface area contributed by atoms with Gasteiger partial charge in [0.2, 0.25) is 11.0 Å². The van der Waals surface area contributed by atoms with E-state index in [1.165, 1.54) is 27.7 Å². The predicted octanol–water partition coefficient (Wildman–Crippen LogP) is 4.57. The molecule has 3 heterocycles. The highest BCUT2D eigenvalue weighted by atomic mass is 32.2. The number of nitrogens with one attached hydrogen (secondary N) is 2. The van der Waals surface area contributed by atoms with Crippen molar-refractivity contribution in [1.82, 2.24) is 24.7 Å². The summed E-state index contributed by atoms with van der Waals surface area (Å²) in [6, 6.07) is 14.8. The van der Waals surface area contributed by atoms with Crippen molar-refractivity contribution in [2.24, 2.45) is 0 Å². The van der Waals surface area contributed by atoms with E-state index in [0.29, 0.717) is 32.8 Å². The molecule has 1 amide bonds. The van der Waals surface area contributed by atoms with Crippen LogP contribution in [-0.4, -0.2) is 49.3 Å². The topological polar surface area (TPSA) is 115 Å². The molecule has 0 spiro atoms. The second-order valence-electron chi connectivity index (χ2n) is 7.27. The lowest BCUT2D eigenvalue weighted by Gasteiger charge is -2.12. The third kappa shape index (κ3) is 4.77. The molecule has 0 fully saturated rings. The van der Waals surface area contributed by atoms with E-state index in [-0.39, 0.29) is 17.2 Å². The number of hydrogen-bond acceptors (Lipinski definition) is 9. The van der Waals surface area contributed by atoms with E-state index in [0.717, 1.165) is 21.0 Å². The third-order valence-corrected chi connectivity index (χ3v) is 7.87. The molecule has 0 aliphatic rings. The van der Waals surface area contributed by atoms with Gasteiger partial charge in [0, 0.05) is 10.9 Å². The molecular weight excluding hydrogens is 504 g/mol. The Kier molecular flexibility index (Phi) is 6.75. The van der Waals surface area contributed by atoms with E-state index in [1.54, 1.807) is 43.1 Å². The Morgan fingerprint density at radius 1 is 1.14 bits per heavy atom. The molecule has 178 valence electrons. The second kappa shape index (κ2) is 10.1. The SMILES string of the molecule is CCSc1nnc(NC(=O)CSc2nc3c([nH]c4ccccc43)c(=O)n2-c2ccc(OC)cc2)s1. The van der Waals surface area contributed by atoms with E-state index in [1.807, 2.05) is 31.2 Å². The van der Waals surface area contributed by atoms with Crippen LogP contribution < -0.4 is 15.6 Å². The maximum atomic E-state index is 13.6. The molecule has 0 unspecified atom stereocenters. The van der Waals surface area contributed by atoms with Crippen LogP contribution in [0.25, 0.3) is 27.6 Å². The number of benzene rings is 2. The zero-order valence-electron chi connectivity index (χ0n) is 18.8. The highest BCUT2D eigenvalue weighted by Crippen LogP contribution is 2.28. The molecule has 5 aromatic rings. The lowest BCUT2D eigenvalue weighted by molar-refractivity contribution is -0.113. The molecule has 35 heavy (non-hydrogen) atoms. The molecule has 2 N–H and O–H groups in total. The third-order valence-electron chi connectivity index (χ3n) is 5.08. The fraction of sp³-hybridized carbons (Fsp3) is 0.174. The Morgan fingerprint density at radius 2 is 1.94 bits per heavy atom.